The van der Waals surface area contributed by atoms with Crippen LogP contribution in [0, 0.1) is 0 Å². The minimum Gasteiger partial charge on any atom is -0.496 e. The van der Waals surface area contributed by atoms with Crippen LogP contribution >= 0.6 is 12.4 Å². The number of rotatable bonds is 5. The van der Waals surface area contributed by atoms with Crippen LogP contribution in [0.5, 0.6) is 17.2 Å². The smallest absolute Gasteiger partial charge is 0.257 e. The molecule has 0 saturated carbocycles. The second-order valence-corrected chi connectivity index (χ2v) is 5.26. The van der Waals surface area contributed by atoms with Crippen molar-refractivity contribution in [3.8, 4) is 17.2 Å². The van der Waals surface area contributed by atoms with Crippen molar-refractivity contribution < 1.29 is 19.0 Å². The van der Waals surface area contributed by atoms with Gasteiger partial charge in [-0.05, 0) is 19.9 Å². The first-order chi connectivity index (χ1) is 10.6. The number of methoxy groups -OCH3 is 3. The molecule has 1 aromatic carbocycles. The van der Waals surface area contributed by atoms with E-state index in [9.17, 15) is 4.79 Å². The highest BCUT2D eigenvalue weighted by atomic mass is 35.5. The summed E-state index contributed by atoms with van der Waals surface area (Å²) < 4.78 is 15.9. The molecule has 1 heterocycles. The lowest BCUT2D eigenvalue weighted by atomic mass is 10.0. The summed E-state index contributed by atoms with van der Waals surface area (Å²) in [4.78, 5) is 14.6. The topological polar surface area (TPSA) is 60.0 Å². The first-order valence-electron chi connectivity index (χ1n) is 7.41. The van der Waals surface area contributed by atoms with Gasteiger partial charge in [-0.2, -0.15) is 0 Å². The van der Waals surface area contributed by atoms with Crippen LogP contribution in [0.2, 0.25) is 0 Å². The van der Waals surface area contributed by atoms with Gasteiger partial charge in [0.25, 0.3) is 5.91 Å². The number of hydrogen-bond donors (Lipinski definition) is 1. The standard InChI is InChI=1S/C16H24N2O4.ClH/c1-17-11-5-7-18(8-6-11)16(19)12-9-14(21-3)15(22-4)10-13(12)20-2;/h9-11,17H,5-8H2,1-4H3;1H. The molecule has 6 nitrogen and oxygen atoms in total. The minimum atomic E-state index is -0.0349. The molecule has 1 aliphatic rings. The molecule has 0 aromatic heterocycles. The van der Waals surface area contributed by atoms with Gasteiger partial charge in [-0.3, -0.25) is 4.79 Å². The first-order valence-corrected chi connectivity index (χ1v) is 7.41. The number of hydrogen-bond acceptors (Lipinski definition) is 5. The summed E-state index contributed by atoms with van der Waals surface area (Å²) in [6.45, 7) is 1.48. The lowest BCUT2D eigenvalue weighted by Gasteiger charge is -2.32. The number of benzene rings is 1. The molecule has 7 heteroatoms. The molecule has 130 valence electrons. The van der Waals surface area contributed by atoms with Crippen molar-refractivity contribution in [2.45, 2.75) is 18.9 Å². The average Bonchev–Trinajstić information content (AvgIpc) is 2.59. The van der Waals surface area contributed by atoms with Crippen molar-refractivity contribution >= 4 is 18.3 Å². The molecular formula is C16H25ClN2O4. The molecule has 23 heavy (non-hydrogen) atoms. The predicted molar refractivity (Wildman–Crippen MR) is 91.3 cm³/mol. The number of amides is 1. The zero-order chi connectivity index (χ0) is 16.1. The van der Waals surface area contributed by atoms with Gasteiger partial charge in [-0.15, -0.1) is 12.4 Å². The van der Waals surface area contributed by atoms with Gasteiger partial charge in [-0.1, -0.05) is 0 Å². The van der Waals surface area contributed by atoms with Gasteiger partial charge in [0.15, 0.2) is 11.5 Å². The third-order valence-corrected chi connectivity index (χ3v) is 4.13. The van der Waals surface area contributed by atoms with E-state index in [1.807, 2.05) is 11.9 Å². The third kappa shape index (κ3) is 4.20. The van der Waals surface area contributed by atoms with Crippen LogP contribution in [-0.4, -0.2) is 58.3 Å². The molecule has 1 aromatic rings. The molecule has 1 fully saturated rings. The number of piperidine rings is 1. The summed E-state index contributed by atoms with van der Waals surface area (Å²) >= 11 is 0. The Morgan fingerprint density at radius 3 is 2.04 bits per heavy atom. The average molecular weight is 345 g/mol. The number of carbonyl (C=O) groups is 1. The Kier molecular flexibility index (Phi) is 7.45. The molecule has 0 radical (unpaired) electrons. The fourth-order valence-corrected chi connectivity index (χ4v) is 2.74. The fraction of sp³-hybridized carbons (Fsp3) is 0.562. The molecule has 1 amide bonds. The van der Waals surface area contributed by atoms with Crippen LogP contribution in [0.3, 0.4) is 0 Å². The highest BCUT2D eigenvalue weighted by Gasteiger charge is 2.26. The van der Waals surface area contributed by atoms with E-state index >= 15 is 0 Å². The zero-order valence-electron chi connectivity index (χ0n) is 14.0. The van der Waals surface area contributed by atoms with E-state index in [2.05, 4.69) is 5.32 Å². The Labute approximate surface area is 143 Å². The van der Waals surface area contributed by atoms with Crippen molar-refractivity contribution in [2.75, 3.05) is 41.5 Å². The molecular weight excluding hydrogens is 320 g/mol. The number of halogens is 1. The van der Waals surface area contributed by atoms with E-state index in [-0.39, 0.29) is 18.3 Å². The Morgan fingerprint density at radius 2 is 1.57 bits per heavy atom. The molecule has 1 N–H and O–H groups in total. The van der Waals surface area contributed by atoms with Crippen LogP contribution in [0.4, 0.5) is 0 Å². The number of carbonyl (C=O) groups excluding carboxylic acids is 1. The highest BCUT2D eigenvalue weighted by molar-refractivity contribution is 5.98. The molecule has 0 bridgehead atoms. The molecule has 2 rings (SSSR count). The van der Waals surface area contributed by atoms with Gasteiger partial charge in [0.2, 0.25) is 0 Å². The molecule has 1 saturated heterocycles. The largest absolute Gasteiger partial charge is 0.496 e. The summed E-state index contributed by atoms with van der Waals surface area (Å²) in [5.41, 5.74) is 0.503. The van der Waals surface area contributed by atoms with E-state index in [0.717, 1.165) is 25.9 Å². The summed E-state index contributed by atoms with van der Waals surface area (Å²) in [7, 11) is 6.61. The maximum Gasteiger partial charge on any atom is 0.257 e. The summed E-state index contributed by atoms with van der Waals surface area (Å²) in [6.07, 6.45) is 1.91. The van der Waals surface area contributed by atoms with Gasteiger partial charge >= 0.3 is 0 Å². The Hall–Kier alpha value is -1.66. The quantitative estimate of drug-likeness (QED) is 0.884. The zero-order valence-corrected chi connectivity index (χ0v) is 14.9. The molecule has 0 atom stereocenters. The van der Waals surface area contributed by atoms with Gasteiger partial charge < -0.3 is 24.4 Å². The lowest BCUT2D eigenvalue weighted by Crippen LogP contribution is -2.44. The lowest BCUT2D eigenvalue weighted by molar-refractivity contribution is 0.0703. The summed E-state index contributed by atoms with van der Waals surface area (Å²) in [5.74, 6) is 1.53. The van der Waals surface area contributed by atoms with E-state index in [1.54, 1.807) is 33.5 Å². The number of nitrogens with zero attached hydrogens (tertiary/aromatic N) is 1. The summed E-state index contributed by atoms with van der Waals surface area (Å²) in [6, 6.07) is 3.85. The van der Waals surface area contributed by atoms with E-state index in [1.165, 1.54) is 0 Å². The Morgan fingerprint density at radius 1 is 1.04 bits per heavy atom. The SMILES string of the molecule is CNC1CCN(C(=O)c2cc(OC)c(OC)cc2OC)CC1.Cl. The van der Waals surface area contributed by atoms with Crippen LogP contribution in [-0.2, 0) is 0 Å². The van der Waals surface area contributed by atoms with Crippen molar-refractivity contribution in [2.24, 2.45) is 0 Å². The van der Waals surface area contributed by atoms with E-state index in [0.29, 0.717) is 28.9 Å². The molecule has 0 aliphatic carbocycles. The number of likely N-dealkylation sites (tertiary alicyclic amines) is 1. The van der Waals surface area contributed by atoms with Gasteiger partial charge in [0.1, 0.15) is 5.75 Å². The van der Waals surface area contributed by atoms with Crippen molar-refractivity contribution in [3.05, 3.63) is 17.7 Å². The monoisotopic (exact) mass is 344 g/mol. The third-order valence-electron chi connectivity index (χ3n) is 4.13. The van der Waals surface area contributed by atoms with Crippen molar-refractivity contribution in [1.29, 1.82) is 0 Å². The highest BCUT2D eigenvalue weighted by Crippen LogP contribution is 2.35. The minimum absolute atomic E-state index is 0. The maximum absolute atomic E-state index is 12.8. The fourth-order valence-electron chi connectivity index (χ4n) is 2.74. The van der Waals surface area contributed by atoms with Crippen LogP contribution in [0.15, 0.2) is 12.1 Å². The van der Waals surface area contributed by atoms with Crippen LogP contribution < -0.4 is 19.5 Å². The van der Waals surface area contributed by atoms with E-state index < -0.39 is 0 Å². The summed E-state index contributed by atoms with van der Waals surface area (Å²) in [5, 5.41) is 3.26. The number of nitrogens with one attached hydrogen (secondary N) is 1. The molecule has 0 spiro atoms. The van der Waals surface area contributed by atoms with Gasteiger partial charge in [0, 0.05) is 31.3 Å². The second kappa shape index (κ2) is 8.84. The molecule has 0 unspecified atom stereocenters. The van der Waals surface area contributed by atoms with Crippen molar-refractivity contribution in [3.63, 3.8) is 0 Å². The first kappa shape index (κ1) is 19.4. The van der Waals surface area contributed by atoms with Crippen LogP contribution in [0.25, 0.3) is 0 Å². The Bertz CT molecular complexity index is 531. The predicted octanol–water partition coefficient (Wildman–Crippen LogP) is 1.96. The van der Waals surface area contributed by atoms with Gasteiger partial charge in [0.05, 0.1) is 26.9 Å². The second-order valence-electron chi connectivity index (χ2n) is 5.26. The van der Waals surface area contributed by atoms with E-state index in [4.69, 9.17) is 14.2 Å². The maximum atomic E-state index is 12.8. The number of ether oxygens (including phenoxy) is 3. The van der Waals surface area contributed by atoms with Crippen LogP contribution in [0.1, 0.15) is 23.2 Å². The molecule has 1 aliphatic heterocycles. The normalized spacial score (nSPS) is 14.9. The van der Waals surface area contributed by atoms with Gasteiger partial charge in [-0.25, -0.2) is 0 Å². The van der Waals surface area contributed by atoms with Crippen molar-refractivity contribution in [1.82, 2.24) is 10.2 Å². The Balaban J connectivity index is 0.00000264.